The van der Waals surface area contributed by atoms with Crippen molar-refractivity contribution in [3.8, 4) is 0 Å². The number of halogens is 1. The Labute approximate surface area is 92.0 Å². The van der Waals surface area contributed by atoms with Gasteiger partial charge in [0.15, 0.2) is 0 Å². The molecular weight excluding hydrogens is 198 g/mol. The van der Waals surface area contributed by atoms with E-state index in [2.05, 4.69) is 6.92 Å². The molecule has 3 atom stereocenters. The molecule has 0 aromatic rings. The van der Waals surface area contributed by atoms with Crippen molar-refractivity contribution in [1.82, 2.24) is 0 Å². The van der Waals surface area contributed by atoms with Gasteiger partial charge in [-0.15, -0.1) is 12.4 Å². The van der Waals surface area contributed by atoms with Gasteiger partial charge in [-0.3, -0.25) is 0 Å². The van der Waals surface area contributed by atoms with E-state index >= 15 is 0 Å². The lowest BCUT2D eigenvalue weighted by Crippen LogP contribution is -2.61. The normalized spacial score (nSPS) is 51.4. The monoisotopic (exact) mass is 217 g/mol. The van der Waals surface area contributed by atoms with Crippen LogP contribution in [0, 0.1) is 11.8 Å². The summed E-state index contributed by atoms with van der Waals surface area (Å²) >= 11 is 0. The molecule has 82 valence electrons. The Balaban J connectivity index is 0.000000750. The van der Waals surface area contributed by atoms with Gasteiger partial charge in [-0.2, -0.15) is 0 Å². The third-order valence-corrected chi connectivity index (χ3v) is 4.36. The smallest absolute Gasteiger partial charge is 0.0839 e. The lowest BCUT2D eigenvalue weighted by molar-refractivity contribution is -0.226. The fraction of sp³-hybridized carbons (Fsp3) is 1.00. The van der Waals surface area contributed by atoms with Gasteiger partial charge in [0.2, 0.25) is 0 Å². The highest BCUT2D eigenvalue weighted by atomic mass is 35.5. The highest BCUT2D eigenvalue weighted by Gasteiger charge is 2.53. The quantitative estimate of drug-likeness (QED) is 0.730. The van der Waals surface area contributed by atoms with Crippen molar-refractivity contribution in [2.45, 2.75) is 56.8 Å². The van der Waals surface area contributed by atoms with Crippen LogP contribution in [0.3, 0.4) is 0 Å². The van der Waals surface area contributed by atoms with Crippen LogP contribution in [0.1, 0.15) is 39.0 Å². The van der Waals surface area contributed by atoms with Gasteiger partial charge in [0.25, 0.3) is 0 Å². The van der Waals surface area contributed by atoms with E-state index in [1.165, 1.54) is 32.1 Å². The minimum absolute atomic E-state index is 0. The van der Waals surface area contributed by atoms with E-state index in [0.29, 0.717) is 6.10 Å². The van der Waals surface area contributed by atoms with Crippen LogP contribution in [-0.2, 0) is 4.74 Å². The zero-order valence-corrected chi connectivity index (χ0v) is 9.56. The summed E-state index contributed by atoms with van der Waals surface area (Å²) in [4.78, 5) is 0. The summed E-state index contributed by atoms with van der Waals surface area (Å²) in [6.07, 6.45) is 7.09. The van der Waals surface area contributed by atoms with Crippen LogP contribution in [-0.4, -0.2) is 17.7 Å². The molecule has 0 amide bonds. The molecule has 4 aliphatic rings. The molecule has 2 heterocycles. The van der Waals surface area contributed by atoms with Crippen molar-refractivity contribution in [3.05, 3.63) is 0 Å². The molecule has 0 spiro atoms. The lowest BCUT2D eigenvalue weighted by Gasteiger charge is -2.58. The molecule has 2 saturated heterocycles. The predicted molar refractivity (Wildman–Crippen MR) is 58.6 cm³/mol. The number of hydrogen-bond acceptors (Lipinski definition) is 2. The molecule has 4 bridgehead atoms. The Hall–Kier alpha value is 0.210. The summed E-state index contributed by atoms with van der Waals surface area (Å²) in [6.45, 7) is 2.12. The first-order valence-electron chi connectivity index (χ1n) is 5.61. The maximum absolute atomic E-state index is 6.15. The summed E-state index contributed by atoms with van der Waals surface area (Å²) in [7, 11) is 0. The fourth-order valence-corrected chi connectivity index (χ4v) is 3.90. The van der Waals surface area contributed by atoms with E-state index in [4.69, 9.17) is 10.5 Å². The average Bonchev–Trinajstić information content (AvgIpc) is 2.00. The van der Waals surface area contributed by atoms with Crippen LogP contribution in [0.4, 0.5) is 0 Å². The van der Waals surface area contributed by atoms with Crippen LogP contribution in [0.2, 0.25) is 0 Å². The van der Waals surface area contributed by atoms with E-state index in [9.17, 15) is 0 Å². The molecule has 14 heavy (non-hydrogen) atoms. The summed E-state index contributed by atoms with van der Waals surface area (Å²) < 4.78 is 6.15. The molecule has 4 rings (SSSR count). The second kappa shape index (κ2) is 3.36. The third-order valence-electron chi connectivity index (χ3n) is 4.36. The second-order valence-corrected chi connectivity index (χ2v) is 5.44. The Kier molecular flexibility index (Phi) is 2.57. The fourth-order valence-electron chi connectivity index (χ4n) is 3.90. The molecule has 2 saturated carbocycles. The predicted octanol–water partition coefficient (Wildman–Crippen LogP) is 2.10. The van der Waals surface area contributed by atoms with Crippen molar-refractivity contribution in [2.24, 2.45) is 17.6 Å². The van der Waals surface area contributed by atoms with Crippen LogP contribution >= 0.6 is 12.4 Å². The maximum atomic E-state index is 6.15. The Morgan fingerprint density at radius 3 is 2.21 bits per heavy atom. The van der Waals surface area contributed by atoms with Crippen molar-refractivity contribution in [3.63, 3.8) is 0 Å². The number of nitrogens with two attached hydrogens (primary N) is 1. The van der Waals surface area contributed by atoms with Crippen LogP contribution < -0.4 is 5.73 Å². The maximum Gasteiger partial charge on any atom is 0.0839 e. The number of hydrogen-bond donors (Lipinski definition) is 1. The van der Waals surface area contributed by atoms with Crippen LogP contribution in [0.5, 0.6) is 0 Å². The van der Waals surface area contributed by atoms with Gasteiger partial charge < -0.3 is 10.5 Å². The molecule has 2 aliphatic heterocycles. The van der Waals surface area contributed by atoms with E-state index in [1.54, 1.807) is 0 Å². The van der Waals surface area contributed by atoms with Gasteiger partial charge in [0.1, 0.15) is 0 Å². The van der Waals surface area contributed by atoms with Gasteiger partial charge in [-0.1, -0.05) is 0 Å². The van der Waals surface area contributed by atoms with Crippen LogP contribution in [0.25, 0.3) is 0 Å². The molecule has 3 heteroatoms. The standard InChI is InChI=1S/C11H19NO.ClH/c1-7(12)11-5-8-2-9(6-11)4-10(3-8)13-11;/h7-10H,2-6,12H2,1H3;1H. The molecule has 2 aliphatic carbocycles. The molecule has 0 aromatic carbocycles. The van der Waals surface area contributed by atoms with E-state index in [1.807, 2.05) is 0 Å². The van der Waals surface area contributed by atoms with E-state index in [-0.39, 0.29) is 24.0 Å². The van der Waals surface area contributed by atoms with E-state index < -0.39 is 0 Å². The minimum Gasteiger partial charge on any atom is -0.370 e. The molecule has 3 unspecified atom stereocenters. The largest absolute Gasteiger partial charge is 0.370 e. The summed E-state index contributed by atoms with van der Waals surface area (Å²) in [5.74, 6) is 1.86. The first kappa shape index (κ1) is 10.7. The van der Waals surface area contributed by atoms with Gasteiger partial charge >= 0.3 is 0 Å². The lowest BCUT2D eigenvalue weighted by atomic mass is 9.60. The molecule has 0 radical (unpaired) electrons. The molecule has 2 nitrogen and oxygen atoms in total. The van der Waals surface area contributed by atoms with Crippen molar-refractivity contribution >= 4 is 12.4 Å². The molecule has 2 N–H and O–H groups in total. The van der Waals surface area contributed by atoms with Crippen molar-refractivity contribution < 1.29 is 4.74 Å². The van der Waals surface area contributed by atoms with Gasteiger partial charge in [0.05, 0.1) is 11.7 Å². The van der Waals surface area contributed by atoms with E-state index in [0.717, 1.165) is 11.8 Å². The Morgan fingerprint density at radius 1 is 1.21 bits per heavy atom. The summed E-state index contributed by atoms with van der Waals surface area (Å²) in [5, 5.41) is 0. The minimum atomic E-state index is 0. The number of ether oxygens (including phenoxy) is 1. The zero-order valence-electron chi connectivity index (χ0n) is 8.74. The Bertz CT molecular complexity index is 194. The summed E-state index contributed by atoms with van der Waals surface area (Å²) in [6, 6.07) is 0.223. The molecule has 4 fully saturated rings. The zero-order chi connectivity index (χ0) is 9.05. The van der Waals surface area contributed by atoms with Crippen LogP contribution in [0.15, 0.2) is 0 Å². The SMILES string of the molecule is CC(N)C12CC3CC(CC(C3)O1)C2.Cl. The van der Waals surface area contributed by atoms with Gasteiger partial charge in [-0.25, -0.2) is 0 Å². The summed E-state index contributed by atoms with van der Waals surface area (Å²) in [5.41, 5.74) is 6.14. The number of rotatable bonds is 1. The third kappa shape index (κ3) is 1.39. The highest BCUT2D eigenvalue weighted by Crippen LogP contribution is 2.53. The first-order valence-corrected chi connectivity index (χ1v) is 5.61. The van der Waals surface area contributed by atoms with Crippen molar-refractivity contribution in [2.75, 3.05) is 0 Å². The van der Waals surface area contributed by atoms with Crippen molar-refractivity contribution in [1.29, 1.82) is 0 Å². The molecular formula is C11H20ClNO. The first-order chi connectivity index (χ1) is 6.18. The van der Waals surface area contributed by atoms with Gasteiger partial charge in [0, 0.05) is 6.04 Å². The highest BCUT2D eigenvalue weighted by molar-refractivity contribution is 5.85. The van der Waals surface area contributed by atoms with Gasteiger partial charge in [-0.05, 0) is 50.9 Å². The Morgan fingerprint density at radius 2 is 1.79 bits per heavy atom. The molecule has 0 aromatic heterocycles. The second-order valence-electron chi connectivity index (χ2n) is 5.44. The topological polar surface area (TPSA) is 35.2 Å². The average molecular weight is 218 g/mol.